The highest BCUT2D eigenvalue weighted by molar-refractivity contribution is 5.77. The van der Waals surface area contributed by atoms with Crippen molar-refractivity contribution < 1.29 is 9.53 Å². The number of likely N-dealkylation sites (tertiary alicyclic amines) is 1. The van der Waals surface area contributed by atoms with E-state index >= 15 is 0 Å². The van der Waals surface area contributed by atoms with Crippen molar-refractivity contribution >= 4 is 5.91 Å². The molecule has 1 rings (SSSR count). The number of carbonyl (C=O) groups is 1. The lowest BCUT2D eigenvalue weighted by Crippen LogP contribution is -2.40. The zero-order valence-corrected chi connectivity index (χ0v) is 7.82. The number of nitrogens with zero attached hydrogens (tertiary/aromatic N) is 2. The van der Waals surface area contributed by atoms with Gasteiger partial charge < -0.3 is 9.64 Å². The molecule has 13 heavy (non-hydrogen) atoms. The zero-order chi connectivity index (χ0) is 9.68. The maximum Gasteiger partial charge on any atom is 0.248 e. The summed E-state index contributed by atoms with van der Waals surface area (Å²) in [5, 5.41) is 8.64. The molecule has 0 bridgehead atoms. The largest absolute Gasteiger partial charge is 0.375 e. The summed E-state index contributed by atoms with van der Waals surface area (Å²) in [7, 11) is 1.51. The van der Waals surface area contributed by atoms with Gasteiger partial charge in [0.1, 0.15) is 6.61 Å². The van der Waals surface area contributed by atoms with Gasteiger partial charge in [0, 0.05) is 26.1 Å². The fourth-order valence-corrected chi connectivity index (χ4v) is 1.47. The molecule has 0 aromatic heterocycles. The molecule has 0 N–H and O–H groups in total. The normalized spacial score (nSPS) is 18.3. The predicted molar refractivity (Wildman–Crippen MR) is 46.8 cm³/mol. The van der Waals surface area contributed by atoms with Gasteiger partial charge in [0.2, 0.25) is 5.91 Å². The lowest BCUT2D eigenvalue weighted by atomic mass is 9.99. The van der Waals surface area contributed by atoms with Crippen LogP contribution in [0.3, 0.4) is 0 Å². The molecule has 0 saturated carbocycles. The summed E-state index contributed by atoms with van der Waals surface area (Å²) in [6, 6.07) is 2.23. The average Bonchev–Trinajstić information content (AvgIpc) is 2.18. The number of carbonyl (C=O) groups excluding carboxylic acids is 1. The van der Waals surface area contributed by atoms with Gasteiger partial charge in [-0.3, -0.25) is 4.79 Å². The molecule has 0 spiro atoms. The van der Waals surface area contributed by atoms with Crippen LogP contribution in [0.15, 0.2) is 0 Å². The lowest BCUT2D eigenvalue weighted by Gasteiger charge is -2.28. The maximum absolute atomic E-state index is 11.3. The number of hydrogen-bond donors (Lipinski definition) is 0. The molecule has 4 heteroatoms. The van der Waals surface area contributed by atoms with Gasteiger partial charge in [0.15, 0.2) is 0 Å². The quantitative estimate of drug-likeness (QED) is 0.621. The smallest absolute Gasteiger partial charge is 0.248 e. The van der Waals surface area contributed by atoms with Gasteiger partial charge in [-0.25, -0.2) is 0 Å². The third-order valence-corrected chi connectivity index (χ3v) is 2.30. The van der Waals surface area contributed by atoms with E-state index in [0.717, 1.165) is 12.8 Å². The summed E-state index contributed by atoms with van der Waals surface area (Å²) in [5.74, 6) is 0.158. The highest BCUT2D eigenvalue weighted by Gasteiger charge is 2.21. The summed E-state index contributed by atoms with van der Waals surface area (Å²) in [4.78, 5) is 13.1. The number of ether oxygens (including phenoxy) is 1. The molecule has 0 unspecified atom stereocenters. The summed E-state index contributed by atoms with van der Waals surface area (Å²) < 4.78 is 4.75. The van der Waals surface area contributed by atoms with Gasteiger partial charge in [-0.15, -0.1) is 0 Å². The molecule has 0 aliphatic carbocycles. The minimum absolute atomic E-state index is 0.0267. The van der Waals surface area contributed by atoms with Crippen LogP contribution in [0.4, 0.5) is 0 Å². The molecule has 1 heterocycles. The molecule has 1 aliphatic heterocycles. The second-order valence-corrected chi connectivity index (χ2v) is 3.22. The molecule has 4 nitrogen and oxygen atoms in total. The fraction of sp³-hybridized carbons (Fsp3) is 0.778. The molecule has 0 aromatic carbocycles. The minimum Gasteiger partial charge on any atom is -0.375 e. The number of methoxy groups -OCH3 is 1. The second kappa shape index (κ2) is 4.83. The summed E-state index contributed by atoms with van der Waals surface area (Å²) >= 11 is 0. The number of hydrogen-bond acceptors (Lipinski definition) is 3. The van der Waals surface area contributed by atoms with E-state index in [4.69, 9.17) is 10.00 Å². The summed E-state index contributed by atoms with van der Waals surface area (Å²) in [6.45, 7) is 1.54. The Morgan fingerprint density at radius 2 is 2.23 bits per heavy atom. The van der Waals surface area contributed by atoms with Crippen molar-refractivity contribution in [3.63, 3.8) is 0 Å². The summed E-state index contributed by atoms with van der Waals surface area (Å²) in [5.41, 5.74) is 0. The Kier molecular flexibility index (Phi) is 3.71. The van der Waals surface area contributed by atoms with Crippen molar-refractivity contribution in [1.82, 2.24) is 4.90 Å². The van der Waals surface area contributed by atoms with Gasteiger partial charge in [-0.1, -0.05) is 0 Å². The Hall–Kier alpha value is -1.08. The maximum atomic E-state index is 11.3. The fourth-order valence-electron chi connectivity index (χ4n) is 1.47. The minimum atomic E-state index is 0.0267. The van der Waals surface area contributed by atoms with Crippen LogP contribution in [0.2, 0.25) is 0 Å². The van der Waals surface area contributed by atoms with E-state index in [-0.39, 0.29) is 18.4 Å². The monoisotopic (exact) mass is 182 g/mol. The van der Waals surface area contributed by atoms with E-state index < -0.39 is 0 Å². The van der Waals surface area contributed by atoms with Crippen LogP contribution in [-0.4, -0.2) is 37.6 Å². The Balaban J connectivity index is 2.33. The van der Waals surface area contributed by atoms with E-state index in [1.54, 1.807) is 4.90 Å². The first-order valence-electron chi connectivity index (χ1n) is 4.44. The first-order valence-corrected chi connectivity index (χ1v) is 4.44. The van der Waals surface area contributed by atoms with Crippen molar-refractivity contribution in [2.45, 2.75) is 12.8 Å². The Morgan fingerprint density at radius 3 is 2.69 bits per heavy atom. The van der Waals surface area contributed by atoms with Gasteiger partial charge in [0.05, 0.1) is 6.07 Å². The third kappa shape index (κ3) is 2.71. The Morgan fingerprint density at radius 1 is 1.62 bits per heavy atom. The topological polar surface area (TPSA) is 53.3 Å². The molecule has 72 valence electrons. The highest BCUT2D eigenvalue weighted by atomic mass is 16.5. The number of piperidine rings is 1. The van der Waals surface area contributed by atoms with Crippen LogP contribution in [0, 0.1) is 17.2 Å². The van der Waals surface area contributed by atoms with Gasteiger partial charge >= 0.3 is 0 Å². The molecule has 1 fully saturated rings. The van der Waals surface area contributed by atoms with Crippen molar-refractivity contribution in [1.29, 1.82) is 5.26 Å². The molecular formula is C9H14N2O2. The van der Waals surface area contributed by atoms with Gasteiger partial charge in [-0.05, 0) is 12.8 Å². The van der Waals surface area contributed by atoms with Crippen LogP contribution in [0.25, 0.3) is 0 Å². The van der Waals surface area contributed by atoms with E-state index in [1.807, 2.05) is 0 Å². The van der Waals surface area contributed by atoms with Crippen LogP contribution in [-0.2, 0) is 9.53 Å². The van der Waals surface area contributed by atoms with Crippen LogP contribution < -0.4 is 0 Å². The van der Waals surface area contributed by atoms with Gasteiger partial charge in [-0.2, -0.15) is 5.26 Å². The number of nitriles is 1. The van der Waals surface area contributed by atoms with Crippen molar-refractivity contribution in [2.75, 3.05) is 26.8 Å². The summed E-state index contributed by atoms with van der Waals surface area (Å²) in [6.07, 6.45) is 1.60. The third-order valence-electron chi connectivity index (χ3n) is 2.30. The van der Waals surface area contributed by atoms with E-state index in [1.165, 1.54) is 7.11 Å². The molecule has 1 saturated heterocycles. The van der Waals surface area contributed by atoms with Crippen molar-refractivity contribution in [2.24, 2.45) is 5.92 Å². The lowest BCUT2D eigenvalue weighted by molar-refractivity contribution is -0.136. The van der Waals surface area contributed by atoms with E-state index in [2.05, 4.69) is 6.07 Å². The molecular weight excluding hydrogens is 168 g/mol. The molecule has 1 amide bonds. The zero-order valence-electron chi connectivity index (χ0n) is 7.82. The van der Waals surface area contributed by atoms with E-state index in [9.17, 15) is 4.79 Å². The molecule has 0 radical (unpaired) electrons. The van der Waals surface area contributed by atoms with Crippen LogP contribution in [0.5, 0.6) is 0 Å². The van der Waals surface area contributed by atoms with Crippen LogP contribution in [0.1, 0.15) is 12.8 Å². The van der Waals surface area contributed by atoms with Crippen molar-refractivity contribution in [3.8, 4) is 6.07 Å². The highest BCUT2D eigenvalue weighted by Crippen LogP contribution is 2.15. The van der Waals surface area contributed by atoms with Crippen molar-refractivity contribution in [3.05, 3.63) is 0 Å². The first-order chi connectivity index (χ1) is 6.27. The predicted octanol–water partition coefficient (Wildman–Crippen LogP) is 0.395. The average molecular weight is 182 g/mol. The molecule has 0 aromatic rings. The first kappa shape index (κ1) is 10.0. The number of rotatable bonds is 2. The SMILES string of the molecule is COCC(=O)N1CCC(C#N)CC1. The van der Waals surface area contributed by atoms with Crippen LogP contribution >= 0.6 is 0 Å². The molecule has 0 atom stereocenters. The number of amides is 1. The standard InChI is InChI=1S/C9H14N2O2/c1-13-7-9(12)11-4-2-8(6-10)3-5-11/h8H,2-5,7H2,1H3. The second-order valence-electron chi connectivity index (χ2n) is 3.22. The Bertz CT molecular complexity index is 214. The van der Waals surface area contributed by atoms with E-state index in [0.29, 0.717) is 13.1 Å². The molecule has 1 aliphatic rings. The van der Waals surface area contributed by atoms with Gasteiger partial charge in [0.25, 0.3) is 0 Å². The Labute approximate surface area is 78.1 Å².